The molecule has 0 spiro atoms. The Balaban J connectivity index is 1.57. The van der Waals surface area contributed by atoms with E-state index in [1.807, 2.05) is 5.38 Å². The summed E-state index contributed by atoms with van der Waals surface area (Å²) in [6, 6.07) is 5.27. The highest BCUT2D eigenvalue weighted by Crippen LogP contribution is 2.35. The Bertz CT molecular complexity index is 1100. The molecule has 2 heterocycles. The molecular formula is C20H18F4N4O2S2. The number of benzene rings is 1. The number of nitrogens with one attached hydrogen (secondary N) is 1. The fourth-order valence-electron chi connectivity index (χ4n) is 2.50. The van der Waals surface area contributed by atoms with Crippen molar-refractivity contribution < 1.29 is 27.5 Å². The summed E-state index contributed by atoms with van der Waals surface area (Å²) < 4.78 is 51.8. The molecule has 0 amide bonds. The number of hydrogen-bond acceptors (Lipinski definition) is 7. The fourth-order valence-corrected chi connectivity index (χ4v) is 4.73. The standard InChI is InChI=1S/C20H18F4N4O2S2/c1-19(2,17(29)30)32-18-26-12(10-31-18)7-8-25-16-6-5-15(27-28-16)13-4-3-11(9-14(13)21)20(22,23)24/h3-6,9-10H,7-8H2,1-2H3,(H,25,28)(H,29,30). The molecule has 6 nitrogen and oxygen atoms in total. The van der Waals surface area contributed by atoms with Crippen LogP contribution in [0.15, 0.2) is 40.1 Å². The maximum absolute atomic E-state index is 14.1. The van der Waals surface area contributed by atoms with Gasteiger partial charge in [-0.1, -0.05) is 11.8 Å². The van der Waals surface area contributed by atoms with Crippen LogP contribution in [0.1, 0.15) is 25.1 Å². The molecule has 3 aromatic rings. The second kappa shape index (κ2) is 9.41. The predicted octanol–water partition coefficient (Wildman–Crippen LogP) is 5.37. The maximum Gasteiger partial charge on any atom is 0.416 e. The van der Waals surface area contributed by atoms with E-state index in [9.17, 15) is 27.5 Å². The first-order valence-corrected chi connectivity index (χ1v) is 11.0. The van der Waals surface area contributed by atoms with Crippen molar-refractivity contribution in [2.75, 3.05) is 11.9 Å². The number of thioether (sulfide) groups is 1. The van der Waals surface area contributed by atoms with Crippen molar-refractivity contribution >= 4 is 34.9 Å². The molecular weight excluding hydrogens is 468 g/mol. The average molecular weight is 487 g/mol. The zero-order chi connectivity index (χ0) is 23.5. The smallest absolute Gasteiger partial charge is 0.416 e. The normalized spacial score (nSPS) is 12.1. The van der Waals surface area contributed by atoms with E-state index in [1.165, 1.54) is 29.2 Å². The largest absolute Gasteiger partial charge is 0.480 e. The number of carbonyl (C=O) groups is 1. The predicted molar refractivity (Wildman–Crippen MR) is 114 cm³/mol. The number of hydrogen-bond donors (Lipinski definition) is 2. The second-order valence-electron chi connectivity index (χ2n) is 7.20. The lowest BCUT2D eigenvalue weighted by Crippen LogP contribution is -2.26. The van der Waals surface area contributed by atoms with Gasteiger partial charge >= 0.3 is 12.1 Å². The molecule has 0 radical (unpaired) electrons. The molecule has 1 aromatic carbocycles. The number of rotatable bonds is 8. The zero-order valence-electron chi connectivity index (χ0n) is 16.9. The highest BCUT2D eigenvalue weighted by Gasteiger charge is 2.31. The molecule has 12 heteroatoms. The van der Waals surface area contributed by atoms with Crippen molar-refractivity contribution in [3.63, 3.8) is 0 Å². The molecule has 0 saturated heterocycles. The lowest BCUT2D eigenvalue weighted by atomic mass is 10.1. The third-order valence-corrected chi connectivity index (χ3v) is 6.48. The summed E-state index contributed by atoms with van der Waals surface area (Å²) in [6.45, 7) is 3.70. The van der Waals surface area contributed by atoms with Gasteiger partial charge in [-0.25, -0.2) is 9.37 Å². The minimum atomic E-state index is -4.62. The van der Waals surface area contributed by atoms with Crippen LogP contribution in [0.5, 0.6) is 0 Å². The van der Waals surface area contributed by atoms with E-state index in [2.05, 4.69) is 20.5 Å². The number of anilines is 1. The van der Waals surface area contributed by atoms with Crippen molar-refractivity contribution in [3.8, 4) is 11.3 Å². The van der Waals surface area contributed by atoms with Crippen LogP contribution in [0.2, 0.25) is 0 Å². The van der Waals surface area contributed by atoms with Crippen LogP contribution in [0.4, 0.5) is 23.4 Å². The van der Waals surface area contributed by atoms with E-state index in [0.29, 0.717) is 29.2 Å². The SMILES string of the molecule is CC(C)(Sc1nc(CCNc2ccc(-c3ccc(C(F)(F)F)cc3F)nn2)cs1)C(=O)O. The van der Waals surface area contributed by atoms with Crippen molar-refractivity contribution in [2.45, 2.75) is 35.5 Å². The van der Waals surface area contributed by atoms with Crippen LogP contribution in [-0.4, -0.2) is 37.5 Å². The van der Waals surface area contributed by atoms with Crippen molar-refractivity contribution in [1.29, 1.82) is 0 Å². The Labute approximate surface area is 189 Å². The topological polar surface area (TPSA) is 88.0 Å². The van der Waals surface area contributed by atoms with E-state index in [0.717, 1.165) is 17.8 Å². The molecule has 2 N–H and O–H groups in total. The van der Waals surface area contributed by atoms with Gasteiger partial charge in [-0.2, -0.15) is 13.2 Å². The summed E-state index contributed by atoms with van der Waals surface area (Å²) in [5, 5.41) is 21.9. The number of aliphatic carboxylic acids is 1. The molecule has 0 fully saturated rings. The molecule has 0 bridgehead atoms. The third-order valence-electron chi connectivity index (χ3n) is 4.31. The maximum atomic E-state index is 14.1. The average Bonchev–Trinajstić information content (AvgIpc) is 3.14. The highest BCUT2D eigenvalue weighted by atomic mass is 32.2. The van der Waals surface area contributed by atoms with Gasteiger partial charge in [0, 0.05) is 23.9 Å². The van der Waals surface area contributed by atoms with Gasteiger partial charge in [0.15, 0.2) is 4.34 Å². The lowest BCUT2D eigenvalue weighted by Gasteiger charge is -2.15. The molecule has 2 aromatic heterocycles. The van der Waals surface area contributed by atoms with Gasteiger partial charge in [0.05, 0.1) is 17.0 Å². The van der Waals surface area contributed by atoms with Crippen molar-refractivity contribution in [3.05, 3.63) is 52.8 Å². The summed E-state index contributed by atoms with van der Waals surface area (Å²) in [4.78, 5) is 15.6. The summed E-state index contributed by atoms with van der Waals surface area (Å²) in [6.07, 6.45) is -4.07. The van der Waals surface area contributed by atoms with Gasteiger partial charge in [-0.3, -0.25) is 4.79 Å². The first-order valence-electron chi connectivity index (χ1n) is 9.27. The number of carboxylic acid groups (broad SMARTS) is 1. The lowest BCUT2D eigenvalue weighted by molar-refractivity contribution is -0.139. The van der Waals surface area contributed by atoms with Crippen LogP contribution < -0.4 is 5.32 Å². The summed E-state index contributed by atoms with van der Waals surface area (Å²) in [7, 11) is 0. The van der Waals surface area contributed by atoms with Crippen LogP contribution in [0.25, 0.3) is 11.3 Å². The fraction of sp³-hybridized carbons (Fsp3) is 0.300. The summed E-state index contributed by atoms with van der Waals surface area (Å²) >= 11 is 2.55. The molecule has 170 valence electrons. The van der Waals surface area contributed by atoms with Crippen LogP contribution >= 0.6 is 23.1 Å². The molecule has 0 aliphatic carbocycles. The first kappa shape index (κ1) is 23.9. The Morgan fingerprint density at radius 2 is 1.94 bits per heavy atom. The van der Waals surface area contributed by atoms with Gasteiger partial charge in [0.1, 0.15) is 16.4 Å². The number of carboxylic acids is 1. The van der Waals surface area contributed by atoms with Crippen LogP contribution in [0, 0.1) is 5.82 Å². The molecule has 0 unspecified atom stereocenters. The number of alkyl halides is 3. The first-order chi connectivity index (χ1) is 15.0. The van der Waals surface area contributed by atoms with Gasteiger partial charge in [-0.15, -0.1) is 21.5 Å². The Kier molecular flexibility index (Phi) is 7.03. The van der Waals surface area contributed by atoms with Crippen molar-refractivity contribution in [2.24, 2.45) is 0 Å². The Morgan fingerprint density at radius 1 is 1.19 bits per heavy atom. The minimum Gasteiger partial charge on any atom is -0.480 e. The molecule has 0 aliphatic heterocycles. The zero-order valence-corrected chi connectivity index (χ0v) is 18.5. The third kappa shape index (κ3) is 5.94. The van der Waals surface area contributed by atoms with E-state index in [-0.39, 0.29) is 11.3 Å². The Morgan fingerprint density at radius 3 is 2.53 bits per heavy atom. The molecule has 0 atom stereocenters. The minimum absolute atomic E-state index is 0.0752. The number of halogens is 4. The van der Waals surface area contributed by atoms with Gasteiger partial charge in [0.25, 0.3) is 0 Å². The number of nitrogens with zero attached hydrogens (tertiary/aromatic N) is 3. The van der Waals surface area contributed by atoms with Crippen LogP contribution in [0.3, 0.4) is 0 Å². The molecule has 3 rings (SSSR count). The van der Waals surface area contributed by atoms with E-state index in [4.69, 9.17) is 0 Å². The van der Waals surface area contributed by atoms with Gasteiger partial charge in [0.2, 0.25) is 0 Å². The Hall–Kier alpha value is -2.73. The summed E-state index contributed by atoms with van der Waals surface area (Å²) in [5.41, 5.74) is -0.236. The number of thiazole rings is 1. The summed E-state index contributed by atoms with van der Waals surface area (Å²) in [5.74, 6) is -1.53. The highest BCUT2D eigenvalue weighted by molar-refractivity contribution is 8.02. The molecule has 0 saturated carbocycles. The molecule has 0 aliphatic rings. The van der Waals surface area contributed by atoms with E-state index < -0.39 is 28.3 Å². The second-order valence-corrected chi connectivity index (χ2v) is 9.92. The van der Waals surface area contributed by atoms with E-state index >= 15 is 0 Å². The monoisotopic (exact) mass is 486 g/mol. The van der Waals surface area contributed by atoms with Crippen molar-refractivity contribution in [1.82, 2.24) is 15.2 Å². The van der Waals surface area contributed by atoms with Crippen LogP contribution in [-0.2, 0) is 17.4 Å². The number of aromatic nitrogens is 3. The van der Waals surface area contributed by atoms with E-state index in [1.54, 1.807) is 19.9 Å². The quantitative estimate of drug-likeness (QED) is 0.327. The van der Waals surface area contributed by atoms with Gasteiger partial charge < -0.3 is 10.4 Å². The van der Waals surface area contributed by atoms with Gasteiger partial charge in [-0.05, 0) is 44.2 Å². The molecule has 32 heavy (non-hydrogen) atoms.